The van der Waals surface area contributed by atoms with E-state index in [9.17, 15) is 0 Å². The number of benzene rings is 1. The van der Waals surface area contributed by atoms with Crippen LogP contribution in [-0.4, -0.2) is 87.9 Å². The molecular formula is C24H41N5O2. The Morgan fingerprint density at radius 2 is 2.03 bits per heavy atom. The molecule has 1 aromatic rings. The number of nitrogens with one attached hydrogen (secondary N) is 2. The number of guanidine groups is 1. The molecular weight excluding hydrogens is 390 g/mol. The normalized spacial score (nSPS) is 21.1. The van der Waals surface area contributed by atoms with E-state index in [1.807, 2.05) is 13.1 Å². The predicted molar refractivity (Wildman–Crippen MR) is 127 cm³/mol. The van der Waals surface area contributed by atoms with Gasteiger partial charge in [0, 0.05) is 52.4 Å². The molecule has 0 aliphatic carbocycles. The highest BCUT2D eigenvalue weighted by atomic mass is 16.5. The number of aliphatic imine (C=N–C) groups is 1. The molecule has 2 aliphatic rings. The molecule has 31 heavy (non-hydrogen) atoms. The topological polar surface area (TPSA) is 61.4 Å². The first-order valence-corrected chi connectivity index (χ1v) is 11.9. The average molecular weight is 432 g/mol. The minimum Gasteiger partial charge on any atom is -0.492 e. The fourth-order valence-electron chi connectivity index (χ4n) is 4.25. The summed E-state index contributed by atoms with van der Waals surface area (Å²) in [7, 11) is 1.83. The number of rotatable bonds is 10. The predicted octanol–water partition coefficient (Wildman–Crippen LogP) is 2.33. The zero-order valence-corrected chi connectivity index (χ0v) is 19.4. The zero-order valence-electron chi connectivity index (χ0n) is 19.4. The van der Waals surface area contributed by atoms with Gasteiger partial charge >= 0.3 is 0 Å². The summed E-state index contributed by atoms with van der Waals surface area (Å²) in [6, 6.07) is 9.04. The number of nitrogens with zero attached hydrogens (tertiary/aromatic N) is 3. The Kier molecular flexibility index (Phi) is 10.4. The Morgan fingerprint density at radius 1 is 1.16 bits per heavy atom. The van der Waals surface area contributed by atoms with Crippen molar-refractivity contribution >= 4 is 5.96 Å². The molecule has 0 radical (unpaired) electrons. The largest absolute Gasteiger partial charge is 0.492 e. The van der Waals surface area contributed by atoms with Crippen molar-refractivity contribution in [2.45, 2.75) is 45.2 Å². The first kappa shape index (κ1) is 23.8. The Balaban J connectivity index is 1.32. The van der Waals surface area contributed by atoms with Gasteiger partial charge in [0.25, 0.3) is 0 Å². The molecule has 0 amide bonds. The lowest BCUT2D eigenvalue weighted by atomic mass is 10.0. The van der Waals surface area contributed by atoms with Crippen LogP contribution in [0.4, 0.5) is 0 Å². The van der Waals surface area contributed by atoms with Crippen LogP contribution in [0.3, 0.4) is 0 Å². The number of likely N-dealkylation sites (tertiary alicyclic amines) is 1. The molecule has 2 N–H and O–H groups in total. The monoisotopic (exact) mass is 431 g/mol. The summed E-state index contributed by atoms with van der Waals surface area (Å²) in [4.78, 5) is 9.36. The number of piperidine rings is 1. The highest BCUT2D eigenvalue weighted by Crippen LogP contribution is 2.16. The van der Waals surface area contributed by atoms with Gasteiger partial charge in [-0.1, -0.05) is 18.6 Å². The zero-order chi connectivity index (χ0) is 21.7. The Bertz CT molecular complexity index is 663. The van der Waals surface area contributed by atoms with E-state index in [2.05, 4.69) is 50.5 Å². The first-order valence-electron chi connectivity index (χ1n) is 11.9. The van der Waals surface area contributed by atoms with E-state index >= 15 is 0 Å². The van der Waals surface area contributed by atoms with Gasteiger partial charge in [0.1, 0.15) is 12.4 Å². The number of ether oxygens (including phenoxy) is 2. The highest BCUT2D eigenvalue weighted by molar-refractivity contribution is 5.79. The molecule has 1 unspecified atom stereocenters. The maximum Gasteiger partial charge on any atom is 0.191 e. The first-order chi connectivity index (χ1) is 15.2. The van der Waals surface area contributed by atoms with Crippen molar-refractivity contribution in [2.24, 2.45) is 4.99 Å². The fraction of sp³-hybridized carbons (Fsp3) is 0.708. The minimum atomic E-state index is 0.704. The summed E-state index contributed by atoms with van der Waals surface area (Å²) in [6.07, 6.45) is 5.20. The molecule has 1 aromatic carbocycles. The molecule has 2 aliphatic heterocycles. The summed E-state index contributed by atoms with van der Waals surface area (Å²) in [5, 5.41) is 6.86. The van der Waals surface area contributed by atoms with Crippen LogP contribution in [0.25, 0.3) is 0 Å². The molecule has 1 atom stereocenters. The van der Waals surface area contributed by atoms with Gasteiger partial charge in [0.05, 0.1) is 13.2 Å². The second-order valence-electron chi connectivity index (χ2n) is 8.54. The second kappa shape index (κ2) is 13.6. The third kappa shape index (κ3) is 8.67. The molecule has 0 saturated carbocycles. The van der Waals surface area contributed by atoms with Crippen LogP contribution in [0.2, 0.25) is 0 Å². The van der Waals surface area contributed by atoms with Crippen LogP contribution >= 0.6 is 0 Å². The van der Waals surface area contributed by atoms with Crippen molar-refractivity contribution in [3.63, 3.8) is 0 Å². The van der Waals surface area contributed by atoms with Crippen LogP contribution in [0.1, 0.15) is 38.2 Å². The summed E-state index contributed by atoms with van der Waals surface area (Å²) >= 11 is 0. The molecule has 0 bridgehead atoms. The van der Waals surface area contributed by atoms with Crippen LogP contribution in [-0.2, 0) is 11.3 Å². The quantitative estimate of drug-likeness (QED) is 0.337. The number of hydrogen-bond donors (Lipinski definition) is 2. The Labute approximate surface area is 188 Å². The van der Waals surface area contributed by atoms with Crippen molar-refractivity contribution in [1.29, 1.82) is 0 Å². The molecule has 0 spiro atoms. The van der Waals surface area contributed by atoms with E-state index in [-0.39, 0.29) is 0 Å². The fourth-order valence-corrected chi connectivity index (χ4v) is 4.25. The SMILES string of the molecule is CN=C(NCCCN1CCCCC1C)NCc1cccc(OCCN2CCOCC2)c1. The lowest BCUT2D eigenvalue weighted by Gasteiger charge is -2.33. The molecule has 7 nitrogen and oxygen atoms in total. The van der Waals surface area contributed by atoms with Crippen molar-refractivity contribution < 1.29 is 9.47 Å². The van der Waals surface area contributed by atoms with Crippen molar-refractivity contribution in [1.82, 2.24) is 20.4 Å². The van der Waals surface area contributed by atoms with Crippen molar-refractivity contribution in [3.05, 3.63) is 29.8 Å². The third-order valence-electron chi connectivity index (χ3n) is 6.22. The van der Waals surface area contributed by atoms with Gasteiger partial charge < -0.3 is 25.0 Å². The molecule has 2 saturated heterocycles. The molecule has 2 heterocycles. The van der Waals surface area contributed by atoms with E-state index < -0.39 is 0 Å². The minimum absolute atomic E-state index is 0.704. The Morgan fingerprint density at radius 3 is 2.84 bits per heavy atom. The van der Waals surface area contributed by atoms with Gasteiger partial charge in [-0.3, -0.25) is 9.89 Å². The van der Waals surface area contributed by atoms with Crippen LogP contribution in [0.15, 0.2) is 29.3 Å². The molecule has 3 rings (SSSR count). The lowest BCUT2D eigenvalue weighted by Crippen LogP contribution is -2.41. The molecule has 2 fully saturated rings. The maximum atomic E-state index is 5.97. The second-order valence-corrected chi connectivity index (χ2v) is 8.54. The third-order valence-corrected chi connectivity index (χ3v) is 6.22. The van der Waals surface area contributed by atoms with Crippen LogP contribution < -0.4 is 15.4 Å². The number of morpholine rings is 1. The van der Waals surface area contributed by atoms with Crippen LogP contribution in [0, 0.1) is 0 Å². The summed E-state index contributed by atoms with van der Waals surface area (Å²) in [5.74, 6) is 1.77. The smallest absolute Gasteiger partial charge is 0.191 e. The summed E-state index contributed by atoms with van der Waals surface area (Å²) < 4.78 is 11.4. The van der Waals surface area contributed by atoms with E-state index in [0.717, 1.165) is 76.7 Å². The van der Waals surface area contributed by atoms with Gasteiger partial charge in [0.15, 0.2) is 5.96 Å². The van der Waals surface area contributed by atoms with Gasteiger partial charge in [-0.05, 0) is 50.4 Å². The van der Waals surface area contributed by atoms with E-state index in [0.29, 0.717) is 6.61 Å². The van der Waals surface area contributed by atoms with Gasteiger partial charge in [-0.15, -0.1) is 0 Å². The van der Waals surface area contributed by atoms with Gasteiger partial charge in [-0.25, -0.2) is 0 Å². The highest BCUT2D eigenvalue weighted by Gasteiger charge is 2.17. The standard InChI is InChI=1S/C24H41N5O2/c1-21-7-3-4-11-29(21)12-6-10-26-24(25-2)27-20-22-8-5-9-23(19-22)31-18-15-28-13-16-30-17-14-28/h5,8-9,19,21H,3-4,6-7,10-18,20H2,1-2H3,(H2,25,26,27). The van der Waals surface area contributed by atoms with Gasteiger partial charge in [0.2, 0.25) is 0 Å². The Hall–Kier alpha value is -1.83. The van der Waals surface area contributed by atoms with E-state index in [1.165, 1.54) is 31.4 Å². The van der Waals surface area contributed by atoms with Gasteiger partial charge in [-0.2, -0.15) is 0 Å². The summed E-state index contributed by atoms with van der Waals surface area (Å²) in [5.41, 5.74) is 1.19. The van der Waals surface area contributed by atoms with Crippen LogP contribution in [0.5, 0.6) is 5.75 Å². The summed E-state index contributed by atoms with van der Waals surface area (Å²) in [6.45, 7) is 11.7. The molecule has 174 valence electrons. The van der Waals surface area contributed by atoms with E-state index in [1.54, 1.807) is 0 Å². The maximum absolute atomic E-state index is 5.97. The molecule has 7 heteroatoms. The van der Waals surface area contributed by atoms with Crippen molar-refractivity contribution in [3.8, 4) is 5.75 Å². The molecule has 0 aromatic heterocycles. The van der Waals surface area contributed by atoms with Crippen molar-refractivity contribution in [2.75, 3.05) is 66.1 Å². The van der Waals surface area contributed by atoms with E-state index in [4.69, 9.17) is 9.47 Å². The lowest BCUT2D eigenvalue weighted by molar-refractivity contribution is 0.0322. The average Bonchev–Trinajstić information content (AvgIpc) is 2.81. The number of hydrogen-bond acceptors (Lipinski definition) is 5.